The summed E-state index contributed by atoms with van der Waals surface area (Å²) in [5, 5.41) is 12.8. The first-order chi connectivity index (χ1) is 17.8. The third-order valence-corrected chi connectivity index (χ3v) is 6.79. The molecule has 0 fully saturated rings. The van der Waals surface area contributed by atoms with E-state index in [9.17, 15) is 18.4 Å². The standard InChI is InChI=1S/C28H28N2O6S/c1-3-23-24-6-4-5-7-25(24)36-27(23)28(33)29-21-12-8-19(9-13-21)20-10-14-22(15-11-20)30(37(34)35)17-18(2)16-26(31)32/h4-15,18H,3,16-17H2,1-2H3,(H,29,33)(H,31,32)(H,34,35)/p-1. The van der Waals surface area contributed by atoms with Gasteiger partial charge >= 0.3 is 5.97 Å². The molecule has 0 aliphatic carbocycles. The predicted octanol–water partition coefficient (Wildman–Crippen LogP) is 5.63. The average Bonchev–Trinajstić information content (AvgIpc) is 3.26. The van der Waals surface area contributed by atoms with E-state index < -0.39 is 17.2 Å². The zero-order chi connectivity index (χ0) is 26.5. The number of aryl methyl sites for hydroxylation is 1. The topological polar surface area (TPSA) is 123 Å². The number of aliphatic carboxylic acids is 1. The third kappa shape index (κ3) is 6.07. The third-order valence-electron chi connectivity index (χ3n) is 6.07. The predicted molar refractivity (Wildman–Crippen MR) is 143 cm³/mol. The Bertz CT molecular complexity index is 1430. The fourth-order valence-electron chi connectivity index (χ4n) is 4.29. The van der Waals surface area contributed by atoms with E-state index in [1.54, 1.807) is 43.3 Å². The van der Waals surface area contributed by atoms with Gasteiger partial charge in [0.1, 0.15) is 5.58 Å². The number of nitrogens with one attached hydrogen (secondary N) is 1. The van der Waals surface area contributed by atoms with E-state index in [-0.39, 0.29) is 24.8 Å². The lowest BCUT2D eigenvalue weighted by molar-refractivity contribution is -0.137. The quantitative estimate of drug-likeness (QED) is 0.262. The Hall–Kier alpha value is -3.95. The minimum atomic E-state index is -2.53. The van der Waals surface area contributed by atoms with Gasteiger partial charge in [0.2, 0.25) is 0 Å². The number of benzene rings is 3. The van der Waals surface area contributed by atoms with Gasteiger partial charge in [0.05, 0.1) is 0 Å². The van der Waals surface area contributed by atoms with Gasteiger partial charge < -0.3 is 23.7 Å². The second kappa shape index (κ2) is 11.4. The average molecular weight is 520 g/mol. The Morgan fingerprint density at radius 2 is 1.65 bits per heavy atom. The number of para-hydroxylation sites is 1. The molecule has 3 aromatic carbocycles. The first kappa shape index (κ1) is 26.1. The molecule has 2 atom stereocenters. The van der Waals surface area contributed by atoms with Crippen LogP contribution in [0.25, 0.3) is 22.1 Å². The summed E-state index contributed by atoms with van der Waals surface area (Å²) in [6, 6.07) is 21.9. The van der Waals surface area contributed by atoms with Gasteiger partial charge in [-0.3, -0.25) is 13.8 Å². The molecule has 0 saturated carbocycles. The summed E-state index contributed by atoms with van der Waals surface area (Å²) in [6.07, 6.45) is 0.551. The summed E-state index contributed by atoms with van der Waals surface area (Å²) in [4.78, 5) is 23.8. The molecule has 0 aliphatic heterocycles. The molecular weight excluding hydrogens is 492 g/mol. The van der Waals surface area contributed by atoms with Gasteiger partial charge in [-0.05, 0) is 53.8 Å². The number of fused-ring (bicyclic) bond motifs is 1. The van der Waals surface area contributed by atoms with E-state index >= 15 is 0 Å². The number of carboxylic acid groups (broad SMARTS) is 1. The van der Waals surface area contributed by atoms with E-state index in [0.717, 1.165) is 26.4 Å². The fraction of sp³-hybridized carbons (Fsp3) is 0.214. The molecule has 0 spiro atoms. The molecular formula is C28H27N2O6S-. The Labute approximate surface area is 217 Å². The fourth-order valence-corrected chi connectivity index (χ4v) is 4.96. The van der Waals surface area contributed by atoms with Crippen molar-refractivity contribution in [1.82, 2.24) is 0 Å². The molecule has 2 unspecified atom stereocenters. The zero-order valence-electron chi connectivity index (χ0n) is 20.5. The molecule has 1 amide bonds. The molecule has 1 aromatic heterocycles. The highest BCUT2D eigenvalue weighted by Crippen LogP contribution is 2.29. The van der Waals surface area contributed by atoms with E-state index in [1.807, 2.05) is 43.3 Å². The number of nitrogens with zero attached hydrogens (tertiary/aromatic N) is 1. The molecule has 0 saturated heterocycles. The normalized spacial score (nSPS) is 12.7. The monoisotopic (exact) mass is 519 g/mol. The van der Waals surface area contributed by atoms with E-state index in [2.05, 4.69) is 5.32 Å². The first-order valence-electron chi connectivity index (χ1n) is 11.9. The van der Waals surface area contributed by atoms with Crippen LogP contribution in [0, 0.1) is 5.92 Å². The van der Waals surface area contributed by atoms with E-state index in [0.29, 0.717) is 29.1 Å². The first-order valence-corrected chi connectivity index (χ1v) is 12.9. The molecule has 2 N–H and O–H groups in total. The highest BCUT2D eigenvalue weighted by molar-refractivity contribution is 7.80. The summed E-state index contributed by atoms with van der Waals surface area (Å²) in [6.45, 7) is 3.75. The molecule has 0 radical (unpaired) electrons. The maximum atomic E-state index is 12.9. The number of hydrogen-bond acceptors (Lipinski definition) is 5. The van der Waals surface area contributed by atoms with Crippen molar-refractivity contribution in [2.24, 2.45) is 5.92 Å². The van der Waals surface area contributed by atoms with Crippen molar-refractivity contribution in [3.8, 4) is 11.1 Å². The Morgan fingerprint density at radius 3 is 2.24 bits per heavy atom. The number of hydrogen-bond donors (Lipinski definition) is 2. The van der Waals surface area contributed by atoms with Crippen LogP contribution in [0.5, 0.6) is 0 Å². The molecule has 1 heterocycles. The molecule has 0 bridgehead atoms. The number of rotatable bonds is 10. The number of carbonyl (C=O) groups excluding carboxylic acids is 1. The number of anilines is 2. The zero-order valence-corrected chi connectivity index (χ0v) is 21.3. The SMILES string of the molecule is CCc1c(C(=O)Nc2ccc(-c3ccc(N(CC(C)CC(=O)O)S(=O)[O-])cc3)cc2)oc2ccccc12. The molecule has 0 aliphatic rings. The van der Waals surface area contributed by atoms with Gasteiger partial charge in [0.15, 0.2) is 5.76 Å². The van der Waals surface area contributed by atoms with Gasteiger partial charge in [-0.15, -0.1) is 0 Å². The molecule has 37 heavy (non-hydrogen) atoms. The summed E-state index contributed by atoms with van der Waals surface area (Å²) in [7, 11) is 0. The minimum absolute atomic E-state index is 0.0706. The smallest absolute Gasteiger partial charge is 0.303 e. The highest BCUT2D eigenvalue weighted by atomic mass is 32.2. The lowest BCUT2D eigenvalue weighted by Gasteiger charge is -2.29. The summed E-state index contributed by atoms with van der Waals surface area (Å²) in [5.41, 5.74) is 4.37. The minimum Gasteiger partial charge on any atom is -0.755 e. The summed E-state index contributed by atoms with van der Waals surface area (Å²) >= 11 is -2.53. The number of furan rings is 1. The van der Waals surface area contributed by atoms with Crippen molar-refractivity contribution >= 4 is 45.5 Å². The van der Waals surface area contributed by atoms with Gasteiger partial charge in [0, 0.05) is 46.6 Å². The largest absolute Gasteiger partial charge is 0.755 e. The molecule has 4 aromatic rings. The van der Waals surface area contributed by atoms with Crippen LogP contribution in [0.1, 0.15) is 36.4 Å². The van der Waals surface area contributed by atoms with E-state index in [4.69, 9.17) is 9.52 Å². The van der Waals surface area contributed by atoms with Crippen LogP contribution >= 0.6 is 0 Å². The maximum absolute atomic E-state index is 12.9. The second-order valence-corrected chi connectivity index (χ2v) is 9.69. The molecule has 192 valence electrons. The van der Waals surface area contributed by atoms with Crippen LogP contribution in [-0.2, 0) is 22.5 Å². The number of carboxylic acids is 1. The Kier molecular flexibility index (Phi) is 8.05. The van der Waals surface area contributed by atoms with Gasteiger partial charge in [0.25, 0.3) is 5.91 Å². The van der Waals surface area contributed by atoms with Gasteiger partial charge in [-0.2, -0.15) is 0 Å². The lowest BCUT2D eigenvalue weighted by atomic mass is 10.0. The number of carbonyl (C=O) groups is 2. The molecule has 4 rings (SSSR count). The lowest BCUT2D eigenvalue weighted by Crippen LogP contribution is -2.31. The van der Waals surface area contributed by atoms with Crippen LogP contribution in [-0.4, -0.2) is 32.3 Å². The van der Waals surface area contributed by atoms with Crippen molar-refractivity contribution in [3.05, 3.63) is 84.1 Å². The van der Waals surface area contributed by atoms with E-state index in [1.165, 1.54) is 0 Å². The van der Waals surface area contributed by atoms with Crippen molar-refractivity contribution in [2.75, 3.05) is 16.2 Å². The molecule has 9 heteroatoms. The van der Waals surface area contributed by atoms with Crippen molar-refractivity contribution in [1.29, 1.82) is 0 Å². The van der Waals surface area contributed by atoms with Gasteiger partial charge in [-0.1, -0.05) is 56.3 Å². The number of amides is 1. The van der Waals surface area contributed by atoms with Crippen molar-refractivity contribution in [3.63, 3.8) is 0 Å². The van der Waals surface area contributed by atoms with Crippen LogP contribution in [0.3, 0.4) is 0 Å². The van der Waals surface area contributed by atoms with Crippen LogP contribution in [0.4, 0.5) is 11.4 Å². The van der Waals surface area contributed by atoms with Crippen LogP contribution in [0.2, 0.25) is 0 Å². The summed E-state index contributed by atoms with van der Waals surface area (Å²) < 4.78 is 30.4. The van der Waals surface area contributed by atoms with Gasteiger partial charge in [-0.25, -0.2) is 0 Å². The second-order valence-electron chi connectivity index (χ2n) is 8.82. The maximum Gasteiger partial charge on any atom is 0.303 e. The Balaban J connectivity index is 1.46. The van der Waals surface area contributed by atoms with Crippen LogP contribution < -0.4 is 9.62 Å². The summed E-state index contributed by atoms with van der Waals surface area (Å²) in [5.74, 6) is -1.32. The molecule has 8 nitrogen and oxygen atoms in total. The van der Waals surface area contributed by atoms with Crippen molar-refractivity contribution < 1.29 is 27.9 Å². The van der Waals surface area contributed by atoms with Crippen LogP contribution in [0.15, 0.2) is 77.2 Å². The highest BCUT2D eigenvalue weighted by Gasteiger charge is 2.19. The Morgan fingerprint density at radius 1 is 1.03 bits per heavy atom. The van der Waals surface area contributed by atoms with Crippen molar-refractivity contribution in [2.45, 2.75) is 26.7 Å².